The summed E-state index contributed by atoms with van der Waals surface area (Å²) in [5, 5.41) is 0. The lowest BCUT2D eigenvalue weighted by atomic mass is 9.89. The molecule has 7 nitrogen and oxygen atoms in total. The minimum Gasteiger partial charge on any atom is -0.465 e. The highest BCUT2D eigenvalue weighted by molar-refractivity contribution is 6.00. The summed E-state index contributed by atoms with van der Waals surface area (Å²) in [5.41, 5.74) is 0. The molecule has 1 saturated heterocycles. The highest BCUT2D eigenvalue weighted by Crippen LogP contribution is 2.29. The monoisotopic (exact) mass is 341 g/mol. The van der Waals surface area contributed by atoms with Gasteiger partial charge in [-0.2, -0.15) is 0 Å². The summed E-state index contributed by atoms with van der Waals surface area (Å²) in [5.74, 6) is -3.28. The van der Waals surface area contributed by atoms with E-state index in [-0.39, 0.29) is 25.9 Å². The van der Waals surface area contributed by atoms with Crippen LogP contribution in [0.1, 0.15) is 46.0 Å². The van der Waals surface area contributed by atoms with E-state index in [4.69, 9.17) is 14.2 Å². The number of hydrogen-bond donors (Lipinski definition) is 0. The van der Waals surface area contributed by atoms with Crippen molar-refractivity contribution in [2.24, 2.45) is 5.92 Å². The van der Waals surface area contributed by atoms with Crippen LogP contribution < -0.4 is 0 Å². The molecule has 0 N–H and O–H groups in total. The fourth-order valence-electron chi connectivity index (χ4n) is 3.58. The van der Waals surface area contributed by atoms with Gasteiger partial charge in [0.25, 0.3) is 0 Å². The van der Waals surface area contributed by atoms with Crippen molar-refractivity contribution in [3.63, 3.8) is 0 Å². The van der Waals surface area contributed by atoms with Crippen LogP contribution in [0.4, 0.5) is 0 Å². The van der Waals surface area contributed by atoms with Gasteiger partial charge in [0.2, 0.25) is 0 Å². The molecule has 1 saturated carbocycles. The van der Waals surface area contributed by atoms with Crippen LogP contribution in [-0.2, 0) is 28.6 Å². The quantitative estimate of drug-likeness (QED) is 0.409. The summed E-state index contributed by atoms with van der Waals surface area (Å²) in [7, 11) is 0. The van der Waals surface area contributed by atoms with E-state index in [0.29, 0.717) is 6.54 Å². The predicted octanol–water partition coefficient (Wildman–Crippen LogP) is 1.29. The topological polar surface area (TPSA) is 82.1 Å². The maximum absolute atomic E-state index is 12.4. The Hall–Kier alpha value is -1.63. The van der Waals surface area contributed by atoms with Gasteiger partial charge >= 0.3 is 17.9 Å². The van der Waals surface area contributed by atoms with E-state index in [0.717, 1.165) is 25.7 Å². The molecule has 0 amide bonds. The molecule has 7 heteroatoms. The molecule has 2 aliphatic rings. The van der Waals surface area contributed by atoms with Gasteiger partial charge in [-0.05, 0) is 26.7 Å². The van der Waals surface area contributed by atoms with E-state index in [1.165, 1.54) is 6.42 Å². The average Bonchev–Trinajstić information content (AvgIpc) is 2.58. The lowest BCUT2D eigenvalue weighted by Crippen LogP contribution is -2.60. The molecule has 2 rings (SSSR count). The summed E-state index contributed by atoms with van der Waals surface area (Å²) < 4.78 is 15.2. The maximum Gasteiger partial charge on any atom is 0.324 e. The minimum atomic E-state index is -1.29. The van der Waals surface area contributed by atoms with Crippen molar-refractivity contribution in [2.45, 2.75) is 58.0 Å². The average molecular weight is 341 g/mol. The van der Waals surface area contributed by atoms with Crippen LogP contribution in [0.25, 0.3) is 0 Å². The van der Waals surface area contributed by atoms with E-state index in [1.54, 1.807) is 13.8 Å². The Kier molecular flexibility index (Phi) is 7.02. The number of nitrogens with zero attached hydrogens (tertiary/aromatic N) is 1. The molecule has 1 heterocycles. The van der Waals surface area contributed by atoms with Crippen LogP contribution in [-0.4, -0.2) is 61.3 Å². The van der Waals surface area contributed by atoms with Gasteiger partial charge < -0.3 is 14.2 Å². The molecule has 1 unspecified atom stereocenters. The third-order valence-corrected chi connectivity index (χ3v) is 4.63. The Labute approximate surface area is 142 Å². The summed E-state index contributed by atoms with van der Waals surface area (Å²) in [6.07, 6.45) is 5.28. The van der Waals surface area contributed by atoms with Gasteiger partial charge in [0.1, 0.15) is 12.6 Å². The van der Waals surface area contributed by atoms with Gasteiger partial charge in [-0.1, -0.05) is 19.3 Å². The van der Waals surface area contributed by atoms with E-state index >= 15 is 0 Å². The second-order valence-corrected chi connectivity index (χ2v) is 6.12. The number of carbonyl (C=O) groups is 3. The first-order valence-electron chi connectivity index (χ1n) is 8.85. The van der Waals surface area contributed by atoms with Gasteiger partial charge in [0, 0.05) is 12.6 Å². The first-order chi connectivity index (χ1) is 11.6. The fraction of sp³-hybridized carbons (Fsp3) is 0.824. The number of rotatable bonds is 6. The molecule has 136 valence electrons. The van der Waals surface area contributed by atoms with Gasteiger partial charge in [-0.25, -0.2) is 0 Å². The highest BCUT2D eigenvalue weighted by Gasteiger charge is 2.49. The lowest BCUT2D eigenvalue weighted by Gasteiger charge is -2.42. The number of morpholine rings is 1. The zero-order chi connectivity index (χ0) is 17.5. The van der Waals surface area contributed by atoms with Crippen molar-refractivity contribution >= 4 is 17.9 Å². The Morgan fingerprint density at radius 2 is 1.71 bits per heavy atom. The summed E-state index contributed by atoms with van der Waals surface area (Å²) in [6.45, 7) is 4.41. The van der Waals surface area contributed by atoms with Crippen molar-refractivity contribution in [2.75, 3.05) is 26.4 Å². The van der Waals surface area contributed by atoms with E-state index < -0.39 is 29.9 Å². The number of cyclic esters (lactones) is 1. The van der Waals surface area contributed by atoms with Gasteiger partial charge in [0.05, 0.1) is 13.2 Å². The number of carbonyl (C=O) groups excluding carboxylic acids is 3. The molecule has 0 radical (unpaired) electrons. The molecule has 1 atom stereocenters. The largest absolute Gasteiger partial charge is 0.465 e. The van der Waals surface area contributed by atoms with E-state index in [2.05, 4.69) is 0 Å². The zero-order valence-corrected chi connectivity index (χ0v) is 14.5. The molecule has 0 spiro atoms. The maximum atomic E-state index is 12.4. The zero-order valence-electron chi connectivity index (χ0n) is 14.5. The normalized spacial score (nSPS) is 23.0. The van der Waals surface area contributed by atoms with Crippen LogP contribution in [0.2, 0.25) is 0 Å². The Morgan fingerprint density at radius 3 is 2.25 bits per heavy atom. The summed E-state index contributed by atoms with van der Waals surface area (Å²) >= 11 is 0. The van der Waals surface area contributed by atoms with Crippen molar-refractivity contribution in [3.05, 3.63) is 0 Å². The second kappa shape index (κ2) is 9.01. The van der Waals surface area contributed by atoms with Crippen molar-refractivity contribution in [1.29, 1.82) is 0 Å². The SMILES string of the molecule is CCOC(=O)C(C(=O)OCC)C1C(=O)OCCN1C1CCCCC1. The van der Waals surface area contributed by atoms with E-state index in [1.807, 2.05) is 4.90 Å². The van der Waals surface area contributed by atoms with Crippen molar-refractivity contribution < 1.29 is 28.6 Å². The molecular weight excluding hydrogens is 314 g/mol. The van der Waals surface area contributed by atoms with Gasteiger partial charge in [0.15, 0.2) is 5.92 Å². The Morgan fingerprint density at radius 1 is 1.12 bits per heavy atom. The second-order valence-electron chi connectivity index (χ2n) is 6.12. The first-order valence-corrected chi connectivity index (χ1v) is 8.85. The molecular formula is C17H27NO6. The molecule has 0 aromatic rings. The minimum absolute atomic E-state index is 0.139. The molecule has 0 aromatic heterocycles. The summed E-state index contributed by atoms with van der Waals surface area (Å²) in [4.78, 5) is 39.1. The molecule has 0 bridgehead atoms. The van der Waals surface area contributed by atoms with Crippen LogP contribution in [0.3, 0.4) is 0 Å². The van der Waals surface area contributed by atoms with Crippen LogP contribution in [0.15, 0.2) is 0 Å². The molecule has 24 heavy (non-hydrogen) atoms. The third-order valence-electron chi connectivity index (χ3n) is 4.63. The molecule has 1 aliphatic carbocycles. The molecule has 0 aromatic carbocycles. The predicted molar refractivity (Wildman–Crippen MR) is 85.1 cm³/mol. The Balaban J connectivity index is 2.27. The number of ether oxygens (including phenoxy) is 3. The van der Waals surface area contributed by atoms with Gasteiger partial charge in [-0.15, -0.1) is 0 Å². The highest BCUT2D eigenvalue weighted by atomic mass is 16.6. The van der Waals surface area contributed by atoms with Crippen molar-refractivity contribution in [3.8, 4) is 0 Å². The van der Waals surface area contributed by atoms with E-state index in [9.17, 15) is 14.4 Å². The summed E-state index contributed by atoms with van der Waals surface area (Å²) in [6, 6.07) is -0.775. The third kappa shape index (κ3) is 4.26. The Bertz CT molecular complexity index is 442. The van der Waals surface area contributed by atoms with Crippen LogP contribution >= 0.6 is 0 Å². The standard InChI is InChI=1S/C17H27NO6/c1-3-22-15(19)13(16(20)23-4-2)14-17(21)24-11-10-18(14)12-8-6-5-7-9-12/h12-14H,3-11H2,1-2H3. The number of hydrogen-bond acceptors (Lipinski definition) is 7. The van der Waals surface area contributed by atoms with Crippen LogP contribution in [0.5, 0.6) is 0 Å². The van der Waals surface area contributed by atoms with Crippen LogP contribution in [0, 0.1) is 5.92 Å². The lowest BCUT2D eigenvalue weighted by molar-refractivity contribution is -0.180. The smallest absolute Gasteiger partial charge is 0.324 e. The molecule has 1 aliphatic heterocycles. The molecule has 2 fully saturated rings. The van der Waals surface area contributed by atoms with Crippen molar-refractivity contribution in [1.82, 2.24) is 4.90 Å². The number of esters is 3. The fourth-order valence-corrected chi connectivity index (χ4v) is 3.58. The van der Waals surface area contributed by atoms with Gasteiger partial charge in [-0.3, -0.25) is 19.3 Å². The first kappa shape index (κ1) is 18.7.